The number of methoxy groups -OCH3 is 2. The van der Waals surface area contributed by atoms with Gasteiger partial charge in [-0.2, -0.15) is 4.98 Å². The molecule has 1 saturated heterocycles. The molecule has 1 N–H and O–H groups in total. The van der Waals surface area contributed by atoms with Gasteiger partial charge < -0.3 is 19.3 Å². The van der Waals surface area contributed by atoms with Gasteiger partial charge in [0.1, 0.15) is 0 Å². The molecule has 178 valence electrons. The number of amides is 1. The van der Waals surface area contributed by atoms with E-state index in [2.05, 4.69) is 26.4 Å². The molecule has 0 saturated carbocycles. The fourth-order valence-electron chi connectivity index (χ4n) is 4.58. The fraction of sp³-hybridized carbons (Fsp3) is 0.560. The van der Waals surface area contributed by atoms with Crippen LogP contribution in [-0.2, 0) is 11.3 Å². The Kier molecular flexibility index (Phi) is 7.99. The van der Waals surface area contributed by atoms with Gasteiger partial charge in [0.05, 0.1) is 20.8 Å². The van der Waals surface area contributed by atoms with Gasteiger partial charge in [0.25, 0.3) is 0 Å². The van der Waals surface area contributed by atoms with Gasteiger partial charge in [-0.3, -0.25) is 9.69 Å². The van der Waals surface area contributed by atoms with Gasteiger partial charge in [-0.25, -0.2) is 0 Å². The maximum absolute atomic E-state index is 12.6. The van der Waals surface area contributed by atoms with Crippen LogP contribution in [0.2, 0.25) is 0 Å². The molecule has 0 bridgehead atoms. The number of nitrogens with zero attached hydrogens (tertiary/aromatic N) is 3. The van der Waals surface area contributed by atoms with Crippen molar-refractivity contribution in [2.45, 2.75) is 51.5 Å². The van der Waals surface area contributed by atoms with Crippen molar-refractivity contribution in [1.29, 1.82) is 0 Å². The van der Waals surface area contributed by atoms with Gasteiger partial charge in [-0.05, 0) is 76.2 Å². The minimum atomic E-state index is 0.0894. The van der Waals surface area contributed by atoms with Gasteiger partial charge in [0.2, 0.25) is 17.6 Å². The van der Waals surface area contributed by atoms with Crippen LogP contribution in [-0.4, -0.2) is 54.8 Å². The fourth-order valence-corrected chi connectivity index (χ4v) is 4.58. The third kappa shape index (κ3) is 6.13. The van der Waals surface area contributed by atoms with Crippen LogP contribution in [0.1, 0.15) is 50.8 Å². The van der Waals surface area contributed by atoms with Crippen LogP contribution in [0.15, 0.2) is 34.4 Å². The lowest BCUT2D eigenvalue weighted by atomic mass is 9.95. The molecule has 1 aromatic carbocycles. The second-order valence-electron chi connectivity index (χ2n) is 8.78. The van der Waals surface area contributed by atoms with E-state index in [1.165, 1.54) is 31.3 Å². The molecule has 1 amide bonds. The van der Waals surface area contributed by atoms with Crippen molar-refractivity contribution >= 4 is 5.91 Å². The second kappa shape index (κ2) is 11.3. The number of benzene rings is 1. The minimum Gasteiger partial charge on any atom is -0.493 e. The molecule has 8 heteroatoms. The summed E-state index contributed by atoms with van der Waals surface area (Å²) in [4.78, 5) is 19.4. The molecule has 0 atom stereocenters. The summed E-state index contributed by atoms with van der Waals surface area (Å²) in [6.07, 6.45) is 10.0. The second-order valence-corrected chi connectivity index (χ2v) is 8.78. The lowest BCUT2D eigenvalue weighted by Gasteiger charge is -2.30. The van der Waals surface area contributed by atoms with Gasteiger partial charge in [0, 0.05) is 18.0 Å². The molecule has 4 rings (SSSR count). The molecule has 1 aliphatic carbocycles. The van der Waals surface area contributed by atoms with Gasteiger partial charge in [0.15, 0.2) is 11.5 Å². The molecule has 1 fully saturated rings. The minimum absolute atomic E-state index is 0.0894. The van der Waals surface area contributed by atoms with Crippen LogP contribution < -0.4 is 14.8 Å². The number of hydrogen-bond acceptors (Lipinski definition) is 7. The standard InChI is InChI=1S/C25H34N4O4/c1-31-21-9-8-20(16-22(21)32-2)24-27-23(33-28-24)17-29-14-11-19(12-15-29)25(30)26-13-10-18-6-4-3-5-7-18/h6,8-9,16,19H,3-5,7,10-15,17H2,1-2H3,(H,26,30). The normalized spacial score (nSPS) is 17.5. The molecule has 33 heavy (non-hydrogen) atoms. The quantitative estimate of drug-likeness (QED) is 0.573. The molecule has 1 aliphatic heterocycles. The molecule has 0 radical (unpaired) electrons. The van der Waals surface area contributed by atoms with Crippen molar-refractivity contribution in [1.82, 2.24) is 20.4 Å². The first kappa shape index (κ1) is 23.3. The Morgan fingerprint density at radius 2 is 2.00 bits per heavy atom. The number of ether oxygens (including phenoxy) is 2. The van der Waals surface area contributed by atoms with Crippen molar-refractivity contribution in [2.75, 3.05) is 33.9 Å². The van der Waals surface area contributed by atoms with Crippen molar-refractivity contribution < 1.29 is 18.8 Å². The van der Waals surface area contributed by atoms with Crippen LogP contribution >= 0.6 is 0 Å². The van der Waals surface area contributed by atoms with E-state index in [0.717, 1.165) is 44.5 Å². The van der Waals surface area contributed by atoms with Gasteiger partial charge in [-0.1, -0.05) is 16.8 Å². The average Bonchev–Trinajstić information content (AvgIpc) is 3.33. The van der Waals surface area contributed by atoms with Crippen LogP contribution in [0.3, 0.4) is 0 Å². The first-order valence-electron chi connectivity index (χ1n) is 11.9. The Morgan fingerprint density at radius 3 is 2.73 bits per heavy atom. The summed E-state index contributed by atoms with van der Waals surface area (Å²) < 4.78 is 16.1. The van der Waals surface area contributed by atoms with E-state index in [4.69, 9.17) is 14.0 Å². The molecule has 2 aliphatic rings. The van der Waals surface area contributed by atoms with Crippen LogP contribution in [0.4, 0.5) is 0 Å². The van der Waals surface area contributed by atoms with E-state index < -0.39 is 0 Å². The first-order chi connectivity index (χ1) is 16.2. The maximum atomic E-state index is 12.6. The largest absolute Gasteiger partial charge is 0.493 e. The predicted octanol–water partition coefficient (Wildman–Crippen LogP) is 3.97. The number of likely N-dealkylation sites (tertiary alicyclic amines) is 1. The molecule has 8 nitrogen and oxygen atoms in total. The van der Waals surface area contributed by atoms with Crippen LogP contribution in [0.25, 0.3) is 11.4 Å². The number of allylic oxidation sites excluding steroid dienone is 1. The Hall–Kier alpha value is -2.87. The first-order valence-corrected chi connectivity index (χ1v) is 11.9. The molecule has 2 heterocycles. The highest BCUT2D eigenvalue weighted by molar-refractivity contribution is 5.78. The summed E-state index contributed by atoms with van der Waals surface area (Å²) in [6, 6.07) is 5.54. The molecule has 2 aromatic rings. The SMILES string of the molecule is COc1ccc(-c2noc(CN3CCC(C(=O)NCCC4=CCCCC4)CC3)n2)cc1OC. The van der Waals surface area contributed by atoms with Crippen LogP contribution in [0.5, 0.6) is 11.5 Å². The van der Waals surface area contributed by atoms with E-state index >= 15 is 0 Å². The third-order valence-corrected chi connectivity index (χ3v) is 6.56. The summed E-state index contributed by atoms with van der Waals surface area (Å²) in [7, 11) is 3.20. The zero-order valence-electron chi connectivity index (χ0n) is 19.6. The monoisotopic (exact) mass is 454 g/mol. The van der Waals surface area contributed by atoms with Crippen molar-refractivity contribution in [3.8, 4) is 22.9 Å². The number of piperidine rings is 1. The highest BCUT2D eigenvalue weighted by Gasteiger charge is 2.26. The topological polar surface area (TPSA) is 89.7 Å². The Bertz CT molecular complexity index is 963. The van der Waals surface area contributed by atoms with E-state index in [0.29, 0.717) is 29.8 Å². The number of aromatic nitrogens is 2. The van der Waals surface area contributed by atoms with Crippen LogP contribution in [0, 0.1) is 5.92 Å². The lowest BCUT2D eigenvalue weighted by Crippen LogP contribution is -2.40. The summed E-state index contributed by atoms with van der Waals surface area (Å²) in [5.41, 5.74) is 2.31. The maximum Gasteiger partial charge on any atom is 0.241 e. The van der Waals surface area contributed by atoms with Gasteiger partial charge >= 0.3 is 0 Å². The zero-order chi connectivity index (χ0) is 23.0. The van der Waals surface area contributed by atoms with Crippen molar-refractivity contribution in [2.24, 2.45) is 5.92 Å². The zero-order valence-corrected chi connectivity index (χ0v) is 19.6. The van der Waals surface area contributed by atoms with E-state index in [-0.39, 0.29) is 11.8 Å². The molecule has 0 spiro atoms. The highest BCUT2D eigenvalue weighted by atomic mass is 16.5. The number of nitrogens with one attached hydrogen (secondary N) is 1. The number of carbonyl (C=O) groups is 1. The Morgan fingerprint density at radius 1 is 1.18 bits per heavy atom. The van der Waals surface area contributed by atoms with E-state index in [9.17, 15) is 4.79 Å². The van der Waals surface area contributed by atoms with Gasteiger partial charge in [-0.15, -0.1) is 0 Å². The molecular weight excluding hydrogens is 420 g/mol. The Labute approximate surface area is 195 Å². The summed E-state index contributed by atoms with van der Waals surface area (Å²) in [5.74, 6) is 2.66. The predicted molar refractivity (Wildman–Crippen MR) is 125 cm³/mol. The van der Waals surface area contributed by atoms with Crippen molar-refractivity contribution in [3.05, 3.63) is 35.7 Å². The summed E-state index contributed by atoms with van der Waals surface area (Å²) >= 11 is 0. The van der Waals surface area contributed by atoms with E-state index in [1.807, 2.05) is 18.2 Å². The third-order valence-electron chi connectivity index (χ3n) is 6.56. The smallest absolute Gasteiger partial charge is 0.241 e. The Balaban J connectivity index is 1.23. The molecule has 0 unspecified atom stereocenters. The van der Waals surface area contributed by atoms with E-state index in [1.54, 1.807) is 14.2 Å². The number of carbonyl (C=O) groups excluding carboxylic acids is 1. The molecular formula is C25H34N4O4. The highest BCUT2D eigenvalue weighted by Crippen LogP contribution is 2.31. The number of rotatable bonds is 9. The summed E-state index contributed by atoms with van der Waals surface area (Å²) in [6.45, 7) is 3.03. The summed E-state index contributed by atoms with van der Waals surface area (Å²) in [5, 5.41) is 7.27. The lowest BCUT2D eigenvalue weighted by molar-refractivity contribution is -0.126. The average molecular weight is 455 g/mol. The molecule has 1 aromatic heterocycles. The van der Waals surface area contributed by atoms with Crippen molar-refractivity contribution in [3.63, 3.8) is 0 Å². The number of hydrogen-bond donors (Lipinski definition) is 1.